The standard InChI is InChI=1S/C11H11N3O2/c12-7-8-2-5-13-9(6-8)14-11(10(15)16)3-1-4-11/h2,5-6H,1,3-4H2,(H,13,14)(H,15,16). The van der Waals surface area contributed by atoms with Crippen molar-refractivity contribution in [3.8, 4) is 6.07 Å². The number of hydrogen-bond donors (Lipinski definition) is 2. The molecule has 0 atom stereocenters. The molecule has 0 bridgehead atoms. The van der Waals surface area contributed by atoms with E-state index in [1.54, 1.807) is 12.1 Å². The smallest absolute Gasteiger partial charge is 0.329 e. The first-order valence-corrected chi connectivity index (χ1v) is 5.04. The van der Waals surface area contributed by atoms with Gasteiger partial charge in [0.2, 0.25) is 0 Å². The molecule has 0 amide bonds. The van der Waals surface area contributed by atoms with Crippen molar-refractivity contribution < 1.29 is 9.90 Å². The van der Waals surface area contributed by atoms with Crippen LogP contribution in [0.5, 0.6) is 0 Å². The van der Waals surface area contributed by atoms with Crippen LogP contribution in [-0.4, -0.2) is 21.6 Å². The van der Waals surface area contributed by atoms with Crippen LogP contribution in [0.1, 0.15) is 24.8 Å². The summed E-state index contributed by atoms with van der Waals surface area (Å²) in [6.45, 7) is 0. The summed E-state index contributed by atoms with van der Waals surface area (Å²) < 4.78 is 0. The third-order valence-corrected chi connectivity index (χ3v) is 2.87. The summed E-state index contributed by atoms with van der Waals surface area (Å²) in [5.74, 6) is -0.413. The molecule has 0 aliphatic heterocycles. The van der Waals surface area contributed by atoms with Crippen molar-refractivity contribution in [2.45, 2.75) is 24.8 Å². The summed E-state index contributed by atoms with van der Waals surface area (Å²) in [6, 6.07) is 5.13. The van der Waals surface area contributed by atoms with Gasteiger partial charge in [-0.15, -0.1) is 0 Å². The van der Waals surface area contributed by atoms with Gasteiger partial charge in [-0.25, -0.2) is 9.78 Å². The third-order valence-electron chi connectivity index (χ3n) is 2.87. The maximum atomic E-state index is 11.1. The molecule has 1 heterocycles. The molecule has 0 spiro atoms. The number of nitrogens with one attached hydrogen (secondary N) is 1. The van der Waals surface area contributed by atoms with Crippen molar-refractivity contribution in [1.82, 2.24) is 4.98 Å². The second-order valence-corrected chi connectivity index (χ2v) is 3.91. The normalized spacial score (nSPS) is 16.9. The molecule has 0 aromatic carbocycles. The van der Waals surface area contributed by atoms with E-state index in [4.69, 9.17) is 10.4 Å². The number of carbonyl (C=O) groups is 1. The summed E-state index contributed by atoms with van der Waals surface area (Å²) >= 11 is 0. The lowest BCUT2D eigenvalue weighted by Crippen LogP contribution is -2.52. The lowest BCUT2D eigenvalue weighted by molar-refractivity contribution is -0.145. The highest BCUT2D eigenvalue weighted by atomic mass is 16.4. The van der Waals surface area contributed by atoms with Crippen molar-refractivity contribution in [1.29, 1.82) is 5.26 Å². The fourth-order valence-electron chi connectivity index (χ4n) is 1.74. The Morgan fingerprint density at radius 3 is 2.88 bits per heavy atom. The van der Waals surface area contributed by atoms with E-state index in [1.165, 1.54) is 6.20 Å². The second-order valence-electron chi connectivity index (χ2n) is 3.91. The maximum Gasteiger partial charge on any atom is 0.329 e. The predicted octanol–water partition coefficient (Wildman–Crippen LogP) is 1.37. The van der Waals surface area contributed by atoms with Crippen molar-refractivity contribution in [3.63, 3.8) is 0 Å². The van der Waals surface area contributed by atoms with Gasteiger partial charge < -0.3 is 10.4 Å². The Balaban J connectivity index is 2.20. The highest BCUT2D eigenvalue weighted by Crippen LogP contribution is 2.35. The Morgan fingerprint density at radius 1 is 1.62 bits per heavy atom. The van der Waals surface area contributed by atoms with E-state index in [-0.39, 0.29) is 0 Å². The van der Waals surface area contributed by atoms with Gasteiger partial charge in [0.15, 0.2) is 0 Å². The van der Waals surface area contributed by atoms with Gasteiger partial charge in [0.05, 0.1) is 11.6 Å². The number of aromatic nitrogens is 1. The topological polar surface area (TPSA) is 86.0 Å². The Kier molecular flexibility index (Phi) is 2.49. The lowest BCUT2D eigenvalue weighted by Gasteiger charge is -2.38. The van der Waals surface area contributed by atoms with Crippen LogP contribution in [0.2, 0.25) is 0 Å². The zero-order valence-corrected chi connectivity index (χ0v) is 8.60. The molecule has 1 aromatic rings. The first-order chi connectivity index (χ1) is 7.66. The second kappa shape index (κ2) is 3.81. The number of anilines is 1. The number of rotatable bonds is 3. The van der Waals surface area contributed by atoms with Crippen LogP contribution in [-0.2, 0) is 4.79 Å². The number of pyridine rings is 1. The Hall–Kier alpha value is -2.09. The molecule has 1 saturated carbocycles. The van der Waals surface area contributed by atoms with Gasteiger partial charge in [-0.2, -0.15) is 5.26 Å². The summed E-state index contributed by atoms with van der Waals surface area (Å²) in [6.07, 6.45) is 3.59. The van der Waals surface area contributed by atoms with E-state index in [9.17, 15) is 4.79 Å². The first kappa shape index (κ1) is 10.4. The molecule has 82 valence electrons. The average molecular weight is 217 g/mol. The van der Waals surface area contributed by atoms with Gasteiger partial charge in [0, 0.05) is 6.20 Å². The Bertz CT molecular complexity index is 461. The van der Waals surface area contributed by atoms with E-state index in [0.717, 1.165) is 6.42 Å². The molecule has 1 aliphatic carbocycles. The zero-order valence-electron chi connectivity index (χ0n) is 8.60. The highest BCUT2D eigenvalue weighted by molar-refractivity contribution is 5.83. The number of aliphatic carboxylic acids is 1. The van der Waals surface area contributed by atoms with Crippen molar-refractivity contribution in [2.75, 3.05) is 5.32 Å². The average Bonchev–Trinajstić information content (AvgIpc) is 2.23. The van der Waals surface area contributed by atoms with Crippen molar-refractivity contribution in [3.05, 3.63) is 23.9 Å². The fourth-order valence-corrected chi connectivity index (χ4v) is 1.74. The fraction of sp³-hybridized carbons (Fsp3) is 0.364. The van der Waals surface area contributed by atoms with Gasteiger partial charge >= 0.3 is 5.97 Å². The molecule has 5 heteroatoms. The number of carboxylic acid groups (broad SMARTS) is 1. The third kappa shape index (κ3) is 1.70. The zero-order chi connectivity index (χ0) is 11.6. The van der Waals surface area contributed by atoms with Gasteiger partial charge in [-0.3, -0.25) is 0 Å². The number of nitrogens with zero attached hydrogens (tertiary/aromatic N) is 2. The van der Waals surface area contributed by atoms with E-state index in [2.05, 4.69) is 10.3 Å². The summed E-state index contributed by atoms with van der Waals surface area (Å²) in [4.78, 5) is 15.1. The molecule has 1 aliphatic rings. The molecular formula is C11H11N3O2. The van der Waals surface area contributed by atoms with Crippen LogP contribution in [0.3, 0.4) is 0 Å². The molecule has 5 nitrogen and oxygen atoms in total. The molecular weight excluding hydrogens is 206 g/mol. The predicted molar refractivity (Wildman–Crippen MR) is 56.8 cm³/mol. The molecule has 1 aromatic heterocycles. The quantitative estimate of drug-likeness (QED) is 0.798. The van der Waals surface area contributed by atoms with Gasteiger partial charge in [0.25, 0.3) is 0 Å². The summed E-state index contributed by atoms with van der Waals surface area (Å²) in [5.41, 5.74) is -0.418. The van der Waals surface area contributed by atoms with E-state index in [1.807, 2.05) is 6.07 Å². The van der Waals surface area contributed by atoms with Crippen LogP contribution in [0.15, 0.2) is 18.3 Å². The summed E-state index contributed by atoms with van der Waals surface area (Å²) in [7, 11) is 0. The molecule has 2 N–H and O–H groups in total. The highest BCUT2D eigenvalue weighted by Gasteiger charge is 2.44. The van der Waals surface area contributed by atoms with E-state index < -0.39 is 11.5 Å². The van der Waals surface area contributed by atoms with Gasteiger partial charge in [-0.1, -0.05) is 0 Å². The first-order valence-electron chi connectivity index (χ1n) is 5.04. The van der Waals surface area contributed by atoms with Crippen LogP contribution < -0.4 is 5.32 Å². The number of nitriles is 1. The molecule has 0 saturated heterocycles. The monoisotopic (exact) mass is 217 g/mol. The molecule has 2 rings (SSSR count). The molecule has 1 fully saturated rings. The summed E-state index contributed by atoms with van der Waals surface area (Å²) in [5, 5.41) is 20.7. The minimum Gasteiger partial charge on any atom is -0.480 e. The van der Waals surface area contributed by atoms with Crippen LogP contribution >= 0.6 is 0 Å². The van der Waals surface area contributed by atoms with Crippen molar-refractivity contribution >= 4 is 11.8 Å². The SMILES string of the molecule is N#Cc1ccnc(NC2(C(=O)O)CCC2)c1. The molecule has 0 radical (unpaired) electrons. The number of carboxylic acids is 1. The Morgan fingerprint density at radius 2 is 2.38 bits per heavy atom. The van der Waals surface area contributed by atoms with Crippen molar-refractivity contribution in [2.24, 2.45) is 0 Å². The molecule has 0 unspecified atom stereocenters. The minimum absolute atomic E-state index is 0.446. The van der Waals surface area contributed by atoms with Crippen LogP contribution in [0.4, 0.5) is 5.82 Å². The lowest BCUT2D eigenvalue weighted by atomic mass is 9.77. The van der Waals surface area contributed by atoms with Crippen LogP contribution in [0.25, 0.3) is 0 Å². The van der Waals surface area contributed by atoms with Crippen LogP contribution in [0, 0.1) is 11.3 Å². The van der Waals surface area contributed by atoms with Gasteiger partial charge in [0.1, 0.15) is 11.4 Å². The molecule has 16 heavy (non-hydrogen) atoms. The minimum atomic E-state index is -0.888. The maximum absolute atomic E-state index is 11.1. The van der Waals surface area contributed by atoms with Gasteiger partial charge in [-0.05, 0) is 31.4 Å². The van der Waals surface area contributed by atoms with E-state index >= 15 is 0 Å². The Labute approximate surface area is 92.7 Å². The van der Waals surface area contributed by atoms with E-state index in [0.29, 0.717) is 24.2 Å². The largest absolute Gasteiger partial charge is 0.480 e. The number of hydrogen-bond acceptors (Lipinski definition) is 4.